The van der Waals surface area contributed by atoms with Crippen molar-refractivity contribution in [1.29, 1.82) is 0 Å². The minimum atomic E-state index is 0.575. The van der Waals surface area contributed by atoms with Crippen molar-refractivity contribution >= 4 is 0 Å². The van der Waals surface area contributed by atoms with Crippen LogP contribution in [0.3, 0.4) is 0 Å². The van der Waals surface area contributed by atoms with E-state index in [2.05, 4.69) is 18.4 Å². The average Bonchev–Trinajstić information content (AvgIpc) is 2.06. The molecule has 1 saturated heterocycles. The van der Waals surface area contributed by atoms with Gasteiger partial charge in [-0.25, -0.2) is 0 Å². The Bertz CT molecular complexity index is 125. The van der Waals surface area contributed by atoms with Crippen molar-refractivity contribution in [1.82, 2.24) is 4.90 Å². The van der Waals surface area contributed by atoms with Crippen LogP contribution in [0.25, 0.3) is 0 Å². The van der Waals surface area contributed by atoms with Crippen LogP contribution in [0.1, 0.15) is 13.3 Å². The summed E-state index contributed by atoms with van der Waals surface area (Å²) in [6, 6.07) is 0.575. The highest BCUT2D eigenvalue weighted by molar-refractivity contribution is 4.81. The molecule has 0 saturated carbocycles. The zero-order chi connectivity index (χ0) is 8.10. The van der Waals surface area contributed by atoms with E-state index in [4.69, 9.17) is 4.74 Å². The lowest BCUT2D eigenvalue weighted by atomic mass is 10.1. The highest BCUT2D eigenvalue weighted by Gasteiger charge is 2.19. The summed E-state index contributed by atoms with van der Waals surface area (Å²) in [5, 5.41) is 0. The van der Waals surface area contributed by atoms with Gasteiger partial charge in [-0.3, -0.25) is 4.90 Å². The highest BCUT2D eigenvalue weighted by Crippen LogP contribution is 2.09. The SMILES string of the molecule is C=CCC1COCCN1CC. The molecule has 2 heteroatoms. The quantitative estimate of drug-likeness (QED) is 0.569. The van der Waals surface area contributed by atoms with Gasteiger partial charge in [0.25, 0.3) is 0 Å². The fourth-order valence-corrected chi connectivity index (χ4v) is 1.51. The van der Waals surface area contributed by atoms with Crippen LogP contribution in [0.2, 0.25) is 0 Å². The summed E-state index contributed by atoms with van der Waals surface area (Å²) in [7, 11) is 0. The molecular weight excluding hydrogens is 138 g/mol. The molecule has 1 unspecified atom stereocenters. The van der Waals surface area contributed by atoms with Crippen molar-refractivity contribution in [3.63, 3.8) is 0 Å². The van der Waals surface area contributed by atoms with E-state index in [9.17, 15) is 0 Å². The van der Waals surface area contributed by atoms with E-state index < -0.39 is 0 Å². The van der Waals surface area contributed by atoms with E-state index >= 15 is 0 Å². The topological polar surface area (TPSA) is 12.5 Å². The molecule has 64 valence electrons. The first-order valence-corrected chi connectivity index (χ1v) is 4.31. The Morgan fingerprint density at radius 3 is 3.18 bits per heavy atom. The lowest BCUT2D eigenvalue weighted by Gasteiger charge is -2.34. The van der Waals surface area contributed by atoms with Crippen molar-refractivity contribution in [2.45, 2.75) is 19.4 Å². The summed E-state index contributed by atoms with van der Waals surface area (Å²) in [5.74, 6) is 0. The van der Waals surface area contributed by atoms with E-state index in [1.54, 1.807) is 0 Å². The number of likely N-dealkylation sites (N-methyl/N-ethyl adjacent to an activating group) is 1. The third-order valence-corrected chi connectivity index (χ3v) is 2.19. The van der Waals surface area contributed by atoms with Gasteiger partial charge in [-0.1, -0.05) is 13.0 Å². The van der Waals surface area contributed by atoms with Crippen LogP contribution in [-0.2, 0) is 4.74 Å². The van der Waals surface area contributed by atoms with E-state index in [0.717, 1.165) is 32.7 Å². The number of hydrogen-bond donors (Lipinski definition) is 0. The number of nitrogens with zero attached hydrogens (tertiary/aromatic N) is 1. The fourth-order valence-electron chi connectivity index (χ4n) is 1.51. The molecule has 1 aliphatic heterocycles. The third-order valence-electron chi connectivity index (χ3n) is 2.19. The molecule has 0 spiro atoms. The first-order chi connectivity index (χ1) is 5.38. The van der Waals surface area contributed by atoms with Crippen LogP contribution in [0.5, 0.6) is 0 Å². The molecule has 0 N–H and O–H groups in total. The average molecular weight is 155 g/mol. The van der Waals surface area contributed by atoms with Gasteiger partial charge in [0.1, 0.15) is 0 Å². The summed E-state index contributed by atoms with van der Waals surface area (Å²) in [4.78, 5) is 2.45. The monoisotopic (exact) mass is 155 g/mol. The van der Waals surface area contributed by atoms with Crippen molar-refractivity contribution in [2.75, 3.05) is 26.3 Å². The Hall–Kier alpha value is -0.340. The molecule has 0 aromatic carbocycles. The molecule has 0 aromatic rings. The van der Waals surface area contributed by atoms with Crippen molar-refractivity contribution < 1.29 is 4.74 Å². The Labute approximate surface area is 68.8 Å². The predicted molar refractivity (Wildman–Crippen MR) is 46.7 cm³/mol. The molecule has 1 heterocycles. The number of ether oxygens (including phenoxy) is 1. The zero-order valence-corrected chi connectivity index (χ0v) is 7.25. The minimum Gasteiger partial charge on any atom is -0.378 e. The molecule has 0 bridgehead atoms. The Morgan fingerprint density at radius 2 is 2.55 bits per heavy atom. The van der Waals surface area contributed by atoms with Gasteiger partial charge in [0.2, 0.25) is 0 Å². The third kappa shape index (κ3) is 2.31. The number of morpholine rings is 1. The molecule has 0 radical (unpaired) electrons. The fraction of sp³-hybridized carbons (Fsp3) is 0.778. The van der Waals surface area contributed by atoms with Gasteiger partial charge in [0, 0.05) is 12.6 Å². The van der Waals surface area contributed by atoms with Gasteiger partial charge in [-0.05, 0) is 13.0 Å². The lowest BCUT2D eigenvalue weighted by molar-refractivity contribution is -0.00340. The molecule has 11 heavy (non-hydrogen) atoms. The van der Waals surface area contributed by atoms with E-state index in [0.29, 0.717) is 6.04 Å². The molecule has 0 amide bonds. The number of rotatable bonds is 3. The van der Waals surface area contributed by atoms with Gasteiger partial charge < -0.3 is 4.74 Å². The standard InChI is InChI=1S/C9H17NO/c1-3-5-9-8-11-7-6-10(9)4-2/h3,9H,1,4-8H2,2H3. The van der Waals surface area contributed by atoms with Gasteiger partial charge >= 0.3 is 0 Å². The molecule has 1 fully saturated rings. The maximum Gasteiger partial charge on any atom is 0.0625 e. The highest BCUT2D eigenvalue weighted by atomic mass is 16.5. The zero-order valence-electron chi connectivity index (χ0n) is 7.25. The first-order valence-electron chi connectivity index (χ1n) is 4.31. The predicted octanol–water partition coefficient (Wildman–Crippen LogP) is 1.28. The Morgan fingerprint density at radius 1 is 1.73 bits per heavy atom. The first kappa shape index (κ1) is 8.75. The Kier molecular flexibility index (Phi) is 3.60. The van der Waals surface area contributed by atoms with Gasteiger partial charge in [-0.15, -0.1) is 6.58 Å². The molecule has 1 rings (SSSR count). The van der Waals surface area contributed by atoms with E-state index in [1.165, 1.54) is 0 Å². The maximum absolute atomic E-state index is 5.38. The minimum absolute atomic E-state index is 0.575. The Balaban J connectivity index is 2.37. The lowest BCUT2D eigenvalue weighted by Crippen LogP contribution is -2.44. The van der Waals surface area contributed by atoms with Crippen LogP contribution >= 0.6 is 0 Å². The normalized spacial score (nSPS) is 26.8. The summed E-state index contributed by atoms with van der Waals surface area (Å²) in [6.07, 6.45) is 3.02. The van der Waals surface area contributed by atoms with Gasteiger partial charge in [0.05, 0.1) is 13.2 Å². The largest absolute Gasteiger partial charge is 0.378 e. The van der Waals surface area contributed by atoms with Crippen LogP contribution in [0.15, 0.2) is 12.7 Å². The van der Waals surface area contributed by atoms with Crippen molar-refractivity contribution in [2.24, 2.45) is 0 Å². The molecule has 0 aliphatic carbocycles. The van der Waals surface area contributed by atoms with Crippen LogP contribution in [0.4, 0.5) is 0 Å². The van der Waals surface area contributed by atoms with Gasteiger partial charge in [0.15, 0.2) is 0 Å². The number of hydrogen-bond acceptors (Lipinski definition) is 2. The molecule has 1 aliphatic rings. The van der Waals surface area contributed by atoms with Crippen LogP contribution in [0, 0.1) is 0 Å². The van der Waals surface area contributed by atoms with Crippen molar-refractivity contribution in [3.8, 4) is 0 Å². The molecule has 1 atom stereocenters. The summed E-state index contributed by atoms with van der Waals surface area (Å²) in [6.45, 7) is 9.91. The van der Waals surface area contributed by atoms with Crippen molar-refractivity contribution in [3.05, 3.63) is 12.7 Å². The molecule has 0 aromatic heterocycles. The van der Waals surface area contributed by atoms with Gasteiger partial charge in [-0.2, -0.15) is 0 Å². The van der Waals surface area contributed by atoms with E-state index in [1.807, 2.05) is 6.08 Å². The second-order valence-electron chi connectivity index (χ2n) is 2.88. The molecular formula is C9H17NO. The second kappa shape index (κ2) is 4.52. The van der Waals surface area contributed by atoms with E-state index in [-0.39, 0.29) is 0 Å². The van der Waals surface area contributed by atoms with Crippen LogP contribution in [-0.4, -0.2) is 37.2 Å². The summed E-state index contributed by atoms with van der Waals surface area (Å²) < 4.78 is 5.38. The summed E-state index contributed by atoms with van der Waals surface area (Å²) >= 11 is 0. The second-order valence-corrected chi connectivity index (χ2v) is 2.88. The smallest absolute Gasteiger partial charge is 0.0625 e. The summed E-state index contributed by atoms with van der Waals surface area (Å²) in [5.41, 5.74) is 0. The molecule has 2 nitrogen and oxygen atoms in total. The maximum atomic E-state index is 5.38. The van der Waals surface area contributed by atoms with Crippen LogP contribution < -0.4 is 0 Å².